The van der Waals surface area contributed by atoms with Crippen molar-refractivity contribution in [3.8, 4) is 0 Å². The van der Waals surface area contributed by atoms with Crippen LogP contribution >= 0.6 is 11.3 Å². The Morgan fingerprint density at radius 1 is 1.56 bits per heavy atom. The molecule has 1 heterocycles. The van der Waals surface area contributed by atoms with Crippen LogP contribution in [0.25, 0.3) is 0 Å². The average Bonchev–Trinajstić information content (AvgIpc) is 2.91. The van der Waals surface area contributed by atoms with Crippen LogP contribution in [-0.2, 0) is 11.3 Å². The van der Waals surface area contributed by atoms with Gasteiger partial charge in [0.25, 0.3) is 0 Å². The highest BCUT2D eigenvalue weighted by atomic mass is 32.1. The van der Waals surface area contributed by atoms with Gasteiger partial charge in [0.15, 0.2) is 0 Å². The third-order valence-corrected chi connectivity index (χ3v) is 5.16. The summed E-state index contributed by atoms with van der Waals surface area (Å²) in [4.78, 5) is 3.80. The zero-order chi connectivity index (χ0) is 13.0. The van der Waals surface area contributed by atoms with Gasteiger partial charge < -0.3 is 10.5 Å². The Balaban J connectivity index is 2.13. The molecule has 0 amide bonds. The quantitative estimate of drug-likeness (QED) is 0.891. The third kappa shape index (κ3) is 2.62. The average molecular weight is 268 g/mol. The Morgan fingerprint density at radius 3 is 3.00 bits per heavy atom. The van der Waals surface area contributed by atoms with Crippen LogP contribution in [0.1, 0.15) is 30.6 Å². The fraction of sp³-hybridized carbons (Fsp3) is 0.714. The van der Waals surface area contributed by atoms with E-state index in [0.29, 0.717) is 6.54 Å². The summed E-state index contributed by atoms with van der Waals surface area (Å²) in [6.07, 6.45) is 5.05. The van der Waals surface area contributed by atoms with E-state index in [-0.39, 0.29) is 11.6 Å². The molecule has 1 aliphatic rings. The van der Waals surface area contributed by atoms with Crippen LogP contribution in [0.4, 0.5) is 0 Å². The topological polar surface area (TPSA) is 38.5 Å². The molecule has 2 N–H and O–H groups in total. The molecule has 3 nitrogen and oxygen atoms in total. The van der Waals surface area contributed by atoms with Crippen molar-refractivity contribution in [1.29, 1.82) is 0 Å². The largest absolute Gasteiger partial charge is 0.379 e. The molecule has 0 spiro atoms. The van der Waals surface area contributed by atoms with Crippen molar-refractivity contribution in [2.45, 2.75) is 43.9 Å². The number of thiophene rings is 1. The van der Waals surface area contributed by atoms with Gasteiger partial charge in [-0.25, -0.2) is 0 Å². The summed E-state index contributed by atoms with van der Waals surface area (Å²) in [6.45, 7) is 1.64. The molecule has 1 aliphatic carbocycles. The molecule has 2 unspecified atom stereocenters. The summed E-state index contributed by atoms with van der Waals surface area (Å²) in [5, 5.41) is 2.13. The maximum Gasteiger partial charge on any atom is 0.0767 e. The van der Waals surface area contributed by atoms with Gasteiger partial charge in [-0.15, -0.1) is 11.3 Å². The number of methoxy groups -OCH3 is 1. The first-order chi connectivity index (χ1) is 8.73. The lowest BCUT2D eigenvalue weighted by molar-refractivity contribution is -0.0685. The summed E-state index contributed by atoms with van der Waals surface area (Å²) in [7, 11) is 4.00. The molecule has 0 bridgehead atoms. The lowest BCUT2D eigenvalue weighted by Crippen LogP contribution is -2.61. The summed E-state index contributed by atoms with van der Waals surface area (Å²) >= 11 is 1.81. The van der Waals surface area contributed by atoms with Crippen LogP contribution in [0.3, 0.4) is 0 Å². The van der Waals surface area contributed by atoms with Gasteiger partial charge in [0.1, 0.15) is 0 Å². The molecule has 0 aliphatic heterocycles. The summed E-state index contributed by atoms with van der Waals surface area (Å²) in [5.74, 6) is 0. The highest BCUT2D eigenvalue weighted by Gasteiger charge is 2.43. The summed E-state index contributed by atoms with van der Waals surface area (Å²) in [5.41, 5.74) is 6.13. The second kappa shape index (κ2) is 6.15. The van der Waals surface area contributed by atoms with E-state index in [4.69, 9.17) is 10.5 Å². The molecular weight excluding hydrogens is 244 g/mol. The predicted octanol–water partition coefficient (Wildman–Crippen LogP) is 2.47. The molecule has 2 atom stereocenters. The van der Waals surface area contributed by atoms with Crippen LogP contribution < -0.4 is 5.73 Å². The lowest BCUT2D eigenvalue weighted by Gasteiger charge is -2.48. The van der Waals surface area contributed by atoms with E-state index < -0.39 is 0 Å². The van der Waals surface area contributed by atoms with E-state index >= 15 is 0 Å². The molecule has 1 fully saturated rings. The maximum absolute atomic E-state index is 6.12. The summed E-state index contributed by atoms with van der Waals surface area (Å²) in [6, 6.07) is 4.30. The van der Waals surface area contributed by atoms with Crippen molar-refractivity contribution in [1.82, 2.24) is 4.90 Å². The molecular formula is C14H24N2OS. The van der Waals surface area contributed by atoms with Crippen LogP contribution in [-0.4, -0.2) is 37.2 Å². The zero-order valence-electron chi connectivity index (χ0n) is 11.4. The van der Waals surface area contributed by atoms with Crippen LogP contribution in [0.5, 0.6) is 0 Å². The number of likely N-dealkylation sites (N-methyl/N-ethyl adjacent to an activating group) is 1. The van der Waals surface area contributed by atoms with Crippen LogP contribution in [0.2, 0.25) is 0 Å². The molecule has 102 valence electrons. The smallest absolute Gasteiger partial charge is 0.0767 e. The number of hydrogen-bond donors (Lipinski definition) is 1. The first-order valence-electron chi connectivity index (χ1n) is 6.69. The number of nitrogens with zero attached hydrogens (tertiary/aromatic N) is 1. The highest BCUT2D eigenvalue weighted by molar-refractivity contribution is 7.09. The predicted molar refractivity (Wildman–Crippen MR) is 76.8 cm³/mol. The second-order valence-electron chi connectivity index (χ2n) is 5.21. The minimum Gasteiger partial charge on any atom is -0.379 e. The standard InChI is InChI=1S/C14H24N2OS/c1-16(10-12-6-5-9-18-12)14(11-15)8-4-3-7-13(14)17-2/h5-6,9,13H,3-4,7-8,10-11,15H2,1-2H3. The minimum atomic E-state index is 0.0109. The first-order valence-corrected chi connectivity index (χ1v) is 7.57. The molecule has 1 aromatic heterocycles. The van der Waals surface area contributed by atoms with Crippen LogP contribution in [0.15, 0.2) is 17.5 Å². The normalized spacial score (nSPS) is 28.8. The van der Waals surface area contributed by atoms with Gasteiger partial charge in [0.2, 0.25) is 0 Å². The Morgan fingerprint density at radius 2 is 2.39 bits per heavy atom. The van der Waals surface area contributed by atoms with Gasteiger partial charge in [0.05, 0.1) is 11.6 Å². The maximum atomic E-state index is 6.12. The van der Waals surface area contributed by atoms with Crippen molar-refractivity contribution in [3.63, 3.8) is 0 Å². The Hall–Kier alpha value is -0.420. The van der Waals surface area contributed by atoms with E-state index in [9.17, 15) is 0 Å². The molecule has 0 aromatic carbocycles. The number of rotatable bonds is 5. The number of nitrogens with two attached hydrogens (primary N) is 1. The van der Waals surface area contributed by atoms with Gasteiger partial charge in [-0.05, 0) is 31.3 Å². The molecule has 0 radical (unpaired) electrons. The summed E-state index contributed by atoms with van der Waals surface area (Å²) < 4.78 is 5.72. The lowest BCUT2D eigenvalue weighted by atomic mass is 9.77. The van der Waals surface area contributed by atoms with Crippen molar-refractivity contribution in [2.75, 3.05) is 20.7 Å². The fourth-order valence-corrected chi connectivity index (χ4v) is 3.90. The van der Waals surface area contributed by atoms with E-state index in [0.717, 1.165) is 19.4 Å². The van der Waals surface area contributed by atoms with Gasteiger partial charge in [-0.2, -0.15) is 0 Å². The molecule has 18 heavy (non-hydrogen) atoms. The highest BCUT2D eigenvalue weighted by Crippen LogP contribution is 2.35. The molecule has 1 aromatic rings. The molecule has 2 rings (SSSR count). The molecule has 1 saturated carbocycles. The zero-order valence-corrected chi connectivity index (χ0v) is 12.2. The Labute approximate surface area is 114 Å². The first kappa shape index (κ1) is 14.0. The van der Waals surface area contributed by atoms with E-state index in [1.54, 1.807) is 0 Å². The number of ether oxygens (including phenoxy) is 1. The van der Waals surface area contributed by atoms with Crippen molar-refractivity contribution in [3.05, 3.63) is 22.4 Å². The third-order valence-electron chi connectivity index (χ3n) is 4.30. The van der Waals surface area contributed by atoms with E-state index in [1.165, 1.54) is 17.7 Å². The molecule has 4 heteroatoms. The molecule has 0 saturated heterocycles. The van der Waals surface area contributed by atoms with Crippen molar-refractivity contribution >= 4 is 11.3 Å². The van der Waals surface area contributed by atoms with Crippen LogP contribution in [0, 0.1) is 0 Å². The Bertz CT molecular complexity index is 355. The SMILES string of the molecule is COC1CCCCC1(CN)N(C)Cc1cccs1. The fourth-order valence-electron chi connectivity index (χ4n) is 3.15. The van der Waals surface area contributed by atoms with Crippen molar-refractivity contribution < 1.29 is 4.74 Å². The van der Waals surface area contributed by atoms with E-state index in [1.807, 2.05) is 18.4 Å². The Kier molecular flexibility index (Phi) is 4.78. The minimum absolute atomic E-state index is 0.0109. The van der Waals surface area contributed by atoms with E-state index in [2.05, 4.69) is 29.5 Å². The second-order valence-corrected chi connectivity index (χ2v) is 6.25. The number of hydrogen-bond acceptors (Lipinski definition) is 4. The van der Waals surface area contributed by atoms with Gasteiger partial charge in [-0.3, -0.25) is 4.90 Å². The van der Waals surface area contributed by atoms with Gasteiger partial charge in [-0.1, -0.05) is 18.9 Å². The van der Waals surface area contributed by atoms with Crippen molar-refractivity contribution in [2.24, 2.45) is 5.73 Å². The monoisotopic (exact) mass is 268 g/mol. The van der Waals surface area contributed by atoms with Gasteiger partial charge >= 0.3 is 0 Å². The van der Waals surface area contributed by atoms with Gasteiger partial charge in [0, 0.05) is 25.1 Å².